The molecule has 3 heterocycles. The van der Waals surface area contributed by atoms with Crippen LogP contribution in [0.2, 0.25) is 0 Å². The van der Waals surface area contributed by atoms with Crippen LogP contribution in [0.5, 0.6) is 0 Å². The summed E-state index contributed by atoms with van der Waals surface area (Å²) in [7, 11) is 0. The van der Waals surface area contributed by atoms with Gasteiger partial charge in [0.15, 0.2) is 11.0 Å². The predicted molar refractivity (Wildman–Crippen MR) is 115 cm³/mol. The summed E-state index contributed by atoms with van der Waals surface area (Å²) in [5.74, 6) is 0.614. The Labute approximate surface area is 168 Å². The van der Waals surface area contributed by atoms with Gasteiger partial charge in [-0.15, -0.1) is 0 Å². The van der Waals surface area contributed by atoms with E-state index in [9.17, 15) is 0 Å². The Bertz CT molecular complexity index is 1090. The highest BCUT2D eigenvalue weighted by Crippen LogP contribution is 2.32. The minimum absolute atomic E-state index is 0.330. The molecule has 0 aliphatic rings. The first-order chi connectivity index (χ1) is 13.6. The summed E-state index contributed by atoms with van der Waals surface area (Å²) in [6, 6.07) is 16.4. The van der Waals surface area contributed by atoms with Crippen molar-refractivity contribution in [3.8, 4) is 33.3 Å². The minimum atomic E-state index is 0.330. The molecule has 1 aromatic carbocycles. The Morgan fingerprint density at radius 3 is 2.43 bits per heavy atom. The molecule has 28 heavy (non-hydrogen) atoms. The molecule has 0 saturated carbocycles. The maximum atomic E-state index is 4.81. The summed E-state index contributed by atoms with van der Waals surface area (Å²) in [5, 5.41) is 4.24. The number of hydrogen-bond acceptors (Lipinski definition) is 6. The summed E-state index contributed by atoms with van der Waals surface area (Å²) < 4.78 is 0. The van der Waals surface area contributed by atoms with Gasteiger partial charge in [-0.3, -0.25) is 4.98 Å². The third-order valence-electron chi connectivity index (χ3n) is 4.21. The van der Waals surface area contributed by atoms with E-state index in [1.807, 2.05) is 42.6 Å². The Balaban J connectivity index is 1.85. The number of rotatable bonds is 5. The molecule has 0 atom stereocenters. The van der Waals surface area contributed by atoms with Crippen molar-refractivity contribution >= 4 is 16.5 Å². The van der Waals surface area contributed by atoms with Crippen molar-refractivity contribution in [3.05, 3.63) is 66.5 Å². The van der Waals surface area contributed by atoms with Crippen LogP contribution in [0.15, 0.2) is 60.9 Å². The van der Waals surface area contributed by atoms with Crippen LogP contribution in [0.1, 0.15) is 19.4 Å². The van der Waals surface area contributed by atoms with Gasteiger partial charge in [-0.1, -0.05) is 41.7 Å². The molecule has 0 aliphatic heterocycles. The molecule has 0 aliphatic carbocycles. The van der Waals surface area contributed by atoms with Crippen molar-refractivity contribution in [3.63, 3.8) is 0 Å². The van der Waals surface area contributed by atoms with Gasteiger partial charge in [0.25, 0.3) is 0 Å². The molecule has 3 aromatic heterocycles. The van der Waals surface area contributed by atoms with E-state index < -0.39 is 0 Å². The van der Waals surface area contributed by atoms with E-state index in [0.29, 0.717) is 11.9 Å². The number of thiazole rings is 1. The van der Waals surface area contributed by atoms with Crippen molar-refractivity contribution < 1.29 is 0 Å². The van der Waals surface area contributed by atoms with Crippen molar-refractivity contribution in [2.24, 2.45) is 0 Å². The first-order valence-electron chi connectivity index (χ1n) is 9.19. The van der Waals surface area contributed by atoms with Gasteiger partial charge in [-0.2, -0.15) is 0 Å². The van der Waals surface area contributed by atoms with Gasteiger partial charge in [-0.05, 0) is 44.5 Å². The molecular formula is C22H21N5S. The standard InChI is InChI=1S/C22H21N5S/c1-14(2)25-22-24-13-20(28-22)19-12-18(16-9-5-4-8-15(16)3)26-21(27-19)17-10-6-7-11-23-17/h4-14H,1-3H3,(H,24,25). The van der Waals surface area contributed by atoms with Gasteiger partial charge in [0.2, 0.25) is 0 Å². The average Bonchev–Trinajstić information content (AvgIpc) is 3.16. The highest BCUT2D eigenvalue weighted by Gasteiger charge is 2.14. The molecule has 0 fully saturated rings. The SMILES string of the molecule is Cc1ccccc1-c1cc(-c2cnc(NC(C)C)s2)nc(-c2ccccn2)n1. The number of benzene rings is 1. The van der Waals surface area contributed by atoms with Gasteiger partial charge in [0.05, 0.1) is 16.3 Å². The Hall–Kier alpha value is -3.12. The molecule has 140 valence electrons. The third kappa shape index (κ3) is 3.92. The second kappa shape index (κ2) is 7.86. The molecule has 5 nitrogen and oxygen atoms in total. The van der Waals surface area contributed by atoms with Crippen molar-refractivity contribution in [1.29, 1.82) is 0 Å². The molecule has 4 aromatic rings. The van der Waals surface area contributed by atoms with E-state index in [1.54, 1.807) is 17.5 Å². The topological polar surface area (TPSA) is 63.6 Å². The monoisotopic (exact) mass is 387 g/mol. The lowest BCUT2D eigenvalue weighted by Crippen LogP contribution is -2.08. The van der Waals surface area contributed by atoms with Crippen LogP contribution < -0.4 is 5.32 Å². The predicted octanol–water partition coefficient (Wildman–Crippen LogP) is 5.46. The normalized spacial score (nSPS) is 11.0. The zero-order valence-electron chi connectivity index (χ0n) is 16.0. The lowest BCUT2D eigenvalue weighted by atomic mass is 10.0. The number of anilines is 1. The van der Waals surface area contributed by atoms with Crippen molar-refractivity contribution in [2.75, 3.05) is 5.32 Å². The Morgan fingerprint density at radius 2 is 1.68 bits per heavy atom. The van der Waals surface area contributed by atoms with E-state index >= 15 is 0 Å². The fraction of sp³-hybridized carbons (Fsp3) is 0.182. The summed E-state index contributed by atoms with van der Waals surface area (Å²) in [6.45, 7) is 6.29. The zero-order chi connectivity index (χ0) is 19.5. The van der Waals surface area contributed by atoms with E-state index in [2.05, 4.69) is 48.2 Å². The number of hydrogen-bond donors (Lipinski definition) is 1. The van der Waals surface area contributed by atoms with Gasteiger partial charge >= 0.3 is 0 Å². The van der Waals surface area contributed by atoms with Crippen LogP contribution >= 0.6 is 11.3 Å². The van der Waals surface area contributed by atoms with Gasteiger partial charge in [0.1, 0.15) is 5.69 Å². The van der Waals surface area contributed by atoms with Crippen LogP contribution in [0.25, 0.3) is 33.3 Å². The fourth-order valence-corrected chi connectivity index (χ4v) is 3.81. The first kappa shape index (κ1) is 18.3. The number of aromatic nitrogens is 4. The minimum Gasteiger partial charge on any atom is -0.359 e. The van der Waals surface area contributed by atoms with Gasteiger partial charge < -0.3 is 5.32 Å². The summed E-state index contributed by atoms with van der Waals surface area (Å²) in [4.78, 5) is 19.5. The summed E-state index contributed by atoms with van der Waals surface area (Å²) in [5.41, 5.74) is 4.75. The maximum Gasteiger partial charge on any atom is 0.183 e. The Morgan fingerprint density at radius 1 is 0.893 bits per heavy atom. The van der Waals surface area contributed by atoms with Crippen molar-refractivity contribution in [1.82, 2.24) is 19.9 Å². The molecule has 0 unspecified atom stereocenters. The zero-order valence-corrected chi connectivity index (χ0v) is 16.9. The van der Waals surface area contributed by atoms with Crippen LogP contribution in [-0.2, 0) is 0 Å². The van der Waals surface area contributed by atoms with Crippen LogP contribution in [0, 0.1) is 6.92 Å². The van der Waals surface area contributed by atoms with Gasteiger partial charge in [-0.25, -0.2) is 15.0 Å². The lowest BCUT2D eigenvalue weighted by molar-refractivity contribution is 0.896. The molecule has 1 N–H and O–H groups in total. The van der Waals surface area contributed by atoms with E-state index in [4.69, 9.17) is 9.97 Å². The molecule has 0 amide bonds. The molecular weight excluding hydrogens is 366 g/mol. The lowest BCUT2D eigenvalue weighted by Gasteiger charge is -2.09. The summed E-state index contributed by atoms with van der Waals surface area (Å²) >= 11 is 1.59. The number of nitrogens with zero attached hydrogens (tertiary/aromatic N) is 4. The number of nitrogens with one attached hydrogen (secondary N) is 1. The second-order valence-corrected chi connectivity index (χ2v) is 7.85. The molecule has 6 heteroatoms. The first-order valence-corrected chi connectivity index (χ1v) is 10.0. The van der Waals surface area contributed by atoms with Crippen LogP contribution in [0.3, 0.4) is 0 Å². The maximum absolute atomic E-state index is 4.81. The highest BCUT2D eigenvalue weighted by molar-refractivity contribution is 7.18. The van der Waals surface area contributed by atoms with Crippen LogP contribution in [0.4, 0.5) is 5.13 Å². The highest BCUT2D eigenvalue weighted by atomic mass is 32.1. The largest absolute Gasteiger partial charge is 0.359 e. The average molecular weight is 388 g/mol. The summed E-state index contributed by atoms with van der Waals surface area (Å²) in [6.07, 6.45) is 3.62. The second-order valence-electron chi connectivity index (χ2n) is 6.82. The Kier molecular flexibility index (Phi) is 5.12. The quantitative estimate of drug-likeness (QED) is 0.493. The number of aryl methyl sites for hydroxylation is 1. The van der Waals surface area contributed by atoms with Crippen LogP contribution in [-0.4, -0.2) is 26.0 Å². The van der Waals surface area contributed by atoms with Crippen molar-refractivity contribution in [2.45, 2.75) is 26.8 Å². The van der Waals surface area contributed by atoms with E-state index in [1.165, 1.54) is 5.56 Å². The molecule has 0 radical (unpaired) electrons. The molecule has 4 rings (SSSR count). The van der Waals surface area contributed by atoms with E-state index in [0.717, 1.165) is 32.7 Å². The smallest absolute Gasteiger partial charge is 0.183 e. The van der Waals surface area contributed by atoms with E-state index in [-0.39, 0.29) is 0 Å². The molecule has 0 spiro atoms. The molecule has 0 saturated heterocycles. The third-order valence-corrected chi connectivity index (χ3v) is 5.16. The number of pyridine rings is 1. The molecule has 0 bridgehead atoms. The fourth-order valence-electron chi connectivity index (χ4n) is 2.89. The van der Waals surface area contributed by atoms with Gasteiger partial charge in [0, 0.05) is 24.0 Å².